The van der Waals surface area contributed by atoms with Crippen LogP contribution in [0.15, 0.2) is 65.7 Å². The third-order valence-electron chi connectivity index (χ3n) is 3.67. The Morgan fingerprint density at radius 3 is 2.76 bits per heavy atom. The summed E-state index contributed by atoms with van der Waals surface area (Å²) in [5, 5.41) is 3.12. The van der Waals surface area contributed by atoms with Gasteiger partial charge in [0.15, 0.2) is 0 Å². The molecular formula is C18H14FN5O. The normalized spacial score (nSPS) is 10.8. The monoisotopic (exact) mass is 335 g/mol. The number of nitrogens with one attached hydrogen (secondary N) is 2. The summed E-state index contributed by atoms with van der Waals surface area (Å²) in [6.07, 6.45) is 4.88. The number of anilines is 1. The van der Waals surface area contributed by atoms with Gasteiger partial charge in [0.25, 0.3) is 0 Å². The summed E-state index contributed by atoms with van der Waals surface area (Å²) in [5.41, 5.74) is 2.95. The van der Waals surface area contributed by atoms with Crippen LogP contribution in [0.1, 0.15) is 5.76 Å². The Morgan fingerprint density at radius 1 is 1.08 bits per heavy atom. The Kier molecular flexibility index (Phi) is 3.96. The molecule has 0 spiro atoms. The predicted octanol–water partition coefficient (Wildman–Crippen LogP) is 3.88. The fourth-order valence-electron chi connectivity index (χ4n) is 2.48. The van der Waals surface area contributed by atoms with Gasteiger partial charge in [-0.2, -0.15) is 0 Å². The number of H-pyrrole nitrogens is 1. The summed E-state index contributed by atoms with van der Waals surface area (Å²) in [4.78, 5) is 16.1. The van der Waals surface area contributed by atoms with E-state index >= 15 is 0 Å². The van der Waals surface area contributed by atoms with Crippen molar-refractivity contribution < 1.29 is 8.81 Å². The number of nitrogens with zero attached hydrogens (tertiary/aromatic N) is 3. The maximum absolute atomic E-state index is 13.1. The third-order valence-corrected chi connectivity index (χ3v) is 3.67. The maximum Gasteiger partial charge on any atom is 0.223 e. The fraction of sp³-hybridized carbons (Fsp3) is 0.0556. The molecule has 0 aliphatic rings. The molecule has 0 unspecified atom stereocenters. The highest BCUT2D eigenvalue weighted by atomic mass is 19.1. The molecule has 0 saturated carbocycles. The molecule has 0 atom stereocenters. The second kappa shape index (κ2) is 6.56. The van der Waals surface area contributed by atoms with Crippen molar-refractivity contribution in [1.29, 1.82) is 0 Å². The lowest BCUT2D eigenvalue weighted by molar-refractivity contribution is 0.517. The molecule has 0 radical (unpaired) electrons. The van der Waals surface area contributed by atoms with E-state index in [2.05, 4.69) is 25.3 Å². The van der Waals surface area contributed by atoms with Crippen LogP contribution >= 0.6 is 0 Å². The summed E-state index contributed by atoms with van der Waals surface area (Å²) in [6.45, 7) is 0.490. The molecule has 0 aliphatic carbocycles. The van der Waals surface area contributed by atoms with Crippen molar-refractivity contribution in [2.75, 3.05) is 5.32 Å². The van der Waals surface area contributed by atoms with E-state index < -0.39 is 0 Å². The van der Waals surface area contributed by atoms with E-state index in [-0.39, 0.29) is 5.82 Å². The van der Waals surface area contributed by atoms with E-state index in [9.17, 15) is 4.39 Å². The van der Waals surface area contributed by atoms with Crippen molar-refractivity contribution in [2.24, 2.45) is 0 Å². The van der Waals surface area contributed by atoms with Crippen LogP contribution in [0.3, 0.4) is 0 Å². The van der Waals surface area contributed by atoms with Gasteiger partial charge in [-0.25, -0.2) is 19.3 Å². The van der Waals surface area contributed by atoms with Crippen LogP contribution in [-0.2, 0) is 6.54 Å². The van der Waals surface area contributed by atoms with Crippen LogP contribution in [-0.4, -0.2) is 19.9 Å². The molecule has 4 rings (SSSR count). The molecule has 0 amide bonds. The Labute approximate surface area is 142 Å². The lowest BCUT2D eigenvalue weighted by atomic mass is 10.1. The van der Waals surface area contributed by atoms with Crippen molar-refractivity contribution in [3.05, 3.63) is 72.8 Å². The Balaban J connectivity index is 1.61. The number of rotatable bonds is 5. The predicted molar refractivity (Wildman–Crippen MR) is 91.0 cm³/mol. The van der Waals surface area contributed by atoms with Crippen LogP contribution in [0.4, 0.5) is 10.3 Å². The molecule has 7 heteroatoms. The zero-order valence-electron chi connectivity index (χ0n) is 13.1. The molecule has 25 heavy (non-hydrogen) atoms. The average Bonchev–Trinajstić information content (AvgIpc) is 3.33. The summed E-state index contributed by atoms with van der Waals surface area (Å²) in [7, 11) is 0. The molecule has 3 aromatic heterocycles. The zero-order valence-corrected chi connectivity index (χ0v) is 13.1. The maximum atomic E-state index is 13.1. The van der Waals surface area contributed by atoms with Crippen molar-refractivity contribution in [3.63, 3.8) is 0 Å². The lowest BCUT2D eigenvalue weighted by Gasteiger charge is -2.06. The summed E-state index contributed by atoms with van der Waals surface area (Å²) < 4.78 is 18.4. The van der Waals surface area contributed by atoms with E-state index in [1.807, 2.05) is 12.1 Å². The molecule has 0 saturated heterocycles. The SMILES string of the molecule is Fc1ccc(-c2nc[nH]c2-c2ccnc(NCc3ccco3)n2)cc1. The molecule has 0 bridgehead atoms. The number of halogens is 1. The van der Waals surface area contributed by atoms with E-state index in [0.717, 1.165) is 17.0 Å². The standard InChI is InChI=1S/C18H14FN5O/c19-13-5-3-12(4-6-13)16-17(23-11-22-16)15-7-8-20-18(24-15)21-10-14-2-1-9-25-14/h1-9,11H,10H2,(H,22,23)(H,20,21,24). The van der Waals surface area contributed by atoms with Crippen LogP contribution in [0, 0.1) is 5.82 Å². The van der Waals surface area contributed by atoms with Crippen LogP contribution in [0.2, 0.25) is 0 Å². The lowest BCUT2D eigenvalue weighted by Crippen LogP contribution is -2.03. The summed E-state index contributed by atoms with van der Waals surface area (Å²) in [6, 6.07) is 11.7. The van der Waals surface area contributed by atoms with Gasteiger partial charge in [0.05, 0.1) is 36.2 Å². The number of aromatic nitrogens is 4. The number of aromatic amines is 1. The number of furan rings is 1. The quantitative estimate of drug-likeness (QED) is 0.578. The molecule has 0 fully saturated rings. The molecule has 6 nitrogen and oxygen atoms in total. The molecule has 0 aliphatic heterocycles. The van der Waals surface area contributed by atoms with Gasteiger partial charge >= 0.3 is 0 Å². The first-order valence-corrected chi connectivity index (χ1v) is 7.68. The number of hydrogen-bond donors (Lipinski definition) is 2. The van der Waals surface area contributed by atoms with E-state index in [1.165, 1.54) is 12.1 Å². The topological polar surface area (TPSA) is 79.6 Å². The first-order valence-electron chi connectivity index (χ1n) is 7.68. The highest BCUT2D eigenvalue weighted by Gasteiger charge is 2.12. The number of imidazole rings is 1. The molecule has 124 valence electrons. The first-order chi connectivity index (χ1) is 12.3. The van der Waals surface area contributed by atoms with Gasteiger partial charge in [0, 0.05) is 11.8 Å². The summed E-state index contributed by atoms with van der Waals surface area (Å²) in [5.74, 6) is 0.989. The Hall–Kier alpha value is -3.48. The molecular weight excluding hydrogens is 321 g/mol. The highest BCUT2D eigenvalue weighted by Crippen LogP contribution is 2.28. The van der Waals surface area contributed by atoms with E-state index in [0.29, 0.717) is 23.9 Å². The largest absolute Gasteiger partial charge is 0.467 e. The number of hydrogen-bond acceptors (Lipinski definition) is 5. The van der Waals surface area contributed by atoms with Crippen molar-refractivity contribution in [1.82, 2.24) is 19.9 Å². The zero-order chi connectivity index (χ0) is 17.1. The molecule has 4 aromatic rings. The van der Waals surface area contributed by atoms with Gasteiger partial charge in [0.1, 0.15) is 11.6 Å². The minimum atomic E-state index is -0.285. The Morgan fingerprint density at radius 2 is 1.96 bits per heavy atom. The number of benzene rings is 1. The second-order valence-corrected chi connectivity index (χ2v) is 5.33. The van der Waals surface area contributed by atoms with Gasteiger partial charge in [-0.1, -0.05) is 0 Å². The smallest absolute Gasteiger partial charge is 0.223 e. The average molecular weight is 335 g/mol. The van der Waals surface area contributed by atoms with E-state index in [4.69, 9.17) is 4.42 Å². The van der Waals surface area contributed by atoms with Crippen molar-refractivity contribution in [3.8, 4) is 22.6 Å². The molecule has 3 heterocycles. The highest BCUT2D eigenvalue weighted by molar-refractivity contribution is 5.76. The second-order valence-electron chi connectivity index (χ2n) is 5.33. The van der Waals surface area contributed by atoms with Crippen LogP contribution in [0.5, 0.6) is 0 Å². The minimum Gasteiger partial charge on any atom is -0.467 e. The molecule has 2 N–H and O–H groups in total. The van der Waals surface area contributed by atoms with Crippen molar-refractivity contribution in [2.45, 2.75) is 6.54 Å². The first kappa shape index (κ1) is 15.1. The Bertz CT molecular complexity index is 963. The third kappa shape index (κ3) is 3.25. The van der Waals surface area contributed by atoms with Crippen LogP contribution < -0.4 is 5.32 Å². The molecule has 1 aromatic carbocycles. The van der Waals surface area contributed by atoms with E-state index in [1.54, 1.807) is 37.0 Å². The summed E-state index contributed by atoms with van der Waals surface area (Å²) >= 11 is 0. The van der Waals surface area contributed by atoms with Gasteiger partial charge in [-0.3, -0.25) is 0 Å². The van der Waals surface area contributed by atoms with Gasteiger partial charge < -0.3 is 14.7 Å². The fourth-order valence-corrected chi connectivity index (χ4v) is 2.48. The van der Waals surface area contributed by atoms with Gasteiger partial charge in [-0.15, -0.1) is 0 Å². The van der Waals surface area contributed by atoms with Gasteiger partial charge in [-0.05, 0) is 42.5 Å². The van der Waals surface area contributed by atoms with Gasteiger partial charge in [0.2, 0.25) is 5.95 Å². The van der Waals surface area contributed by atoms with Crippen LogP contribution in [0.25, 0.3) is 22.6 Å². The van der Waals surface area contributed by atoms with Crippen molar-refractivity contribution >= 4 is 5.95 Å². The minimum absolute atomic E-state index is 0.285.